The average Bonchev–Trinajstić information content (AvgIpc) is 3.34. The lowest BCUT2D eigenvalue weighted by Gasteiger charge is -2.38. The van der Waals surface area contributed by atoms with Crippen molar-refractivity contribution in [2.45, 2.75) is 19.3 Å². The van der Waals surface area contributed by atoms with Gasteiger partial charge in [0, 0.05) is 21.9 Å². The highest BCUT2D eigenvalue weighted by atomic mass is 16.4. The van der Waals surface area contributed by atoms with Crippen molar-refractivity contribution in [3.63, 3.8) is 0 Å². The lowest BCUT2D eigenvalue weighted by molar-refractivity contribution is 0.570. The molecule has 3 nitrogen and oxygen atoms in total. The zero-order valence-electron chi connectivity index (χ0n) is 20.8. The smallest absolute Gasteiger partial charge is 0.211 e. The first-order valence-corrected chi connectivity index (χ1v) is 12.7. The van der Waals surface area contributed by atoms with Gasteiger partial charge in [0.25, 0.3) is 0 Å². The van der Waals surface area contributed by atoms with Crippen LogP contribution in [0.25, 0.3) is 33.4 Å². The zero-order chi connectivity index (χ0) is 25.0. The van der Waals surface area contributed by atoms with Crippen LogP contribution >= 0.6 is 0 Å². The van der Waals surface area contributed by atoms with Crippen molar-refractivity contribution >= 4 is 28.4 Å². The van der Waals surface area contributed by atoms with Crippen LogP contribution in [0.4, 0.5) is 17.4 Å². The Morgan fingerprint density at radius 2 is 1.30 bits per heavy atom. The molecule has 3 heteroatoms. The van der Waals surface area contributed by atoms with Gasteiger partial charge in [0.05, 0.1) is 11.4 Å². The summed E-state index contributed by atoms with van der Waals surface area (Å²) in [4.78, 5) is 7.44. The molecule has 0 saturated heterocycles. The second-order valence-corrected chi connectivity index (χ2v) is 10.1. The van der Waals surface area contributed by atoms with E-state index in [1.807, 2.05) is 18.2 Å². The van der Waals surface area contributed by atoms with E-state index in [1.165, 1.54) is 11.1 Å². The standard InChI is InChI=1S/C34H26N2O/c1-34(2)27-18-10-11-19-29(27)36(33-32(34)26-17-9-12-20-30(26)37-33)31-22-25(23-13-5-3-6-14-23)21-28(35-31)24-15-7-4-8-16-24/h3-22H,1-2H3. The third-order valence-electron chi connectivity index (χ3n) is 7.44. The van der Waals surface area contributed by atoms with Gasteiger partial charge in [-0.25, -0.2) is 4.98 Å². The van der Waals surface area contributed by atoms with Crippen LogP contribution in [0.3, 0.4) is 0 Å². The molecule has 1 aliphatic heterocycles. The van der Waals surface area contributed by atoms with Crippen molar-refractivity contribution in [2.75, 3.05) is 4.90 Å². The summed E-state index contributed by atoms with van der Waals surface area (Å²) in [5, 5.41) is 1.14. The minimum atomic E-state index is -0.228. The highest BCUT2D eigenvalue weighted by Crippen LogP contribution is 2.55. The number of nitrogens with zero attached hydrogens (tertiary/aromatic N) is 2. The summed E-state index contributed by atoms with van der Waals surface area (Å²) in [6.45, 7) is 4.57. The molecule has 4 aromatic carbocycles. The Kier molecular flexibility index (Phi) is 4.80. The molecule has 178 valence electrons. The Morgan fingerprint density at radius 3 is 2.08 bits per heavy atom. The Hall–Kier alpha value is -4.63. The molecule has 0 amide bonds. The minimum Gasteiger partial charge on any atom is -0.439 e. The fraction of sp³-hybridized carbons (Fsp3) is 0.0882. The van der Waals surface area contributed by atoms with E-state index in [4.69, 9.17) is 9.40 Å². The van der Waals surface area contributed by atoms with E-state index in [2.05, 4.69) is 122 Å². The Labute approximate surface area is 216 Å². The van der Waals surface area contributed by atoms with Gasteiger partial charge in [-0.2, -0.15) is 0 Å². The van der Waals surface area contributed by atoms with Gasteiger partial charge in [-0.15, -0.1) is 0 Å². The van der Waals surface area contributed by atoms with Crippen LogP contribution in [0, 0.1) is 0 Å². The number of anilines is 3. The van der Waals surface area contributed by atoms with Crippen molar-refractivity contribution in [3.05, 3.63) is 132 Å². The topological polar surface area (TPSA) is 29.3 Å². The van der Waals surface area contributed by atoms with Gasteiger partial charge in [-0.05, 0) is 41.0 Å². The van der Waals surface area contributed by atoms with Gasteiger partial charge in [-0.1, -0.05) is 111 Å². The molecule has 0 radical (unpaired) electrons. The molecule has 7 rings (SSSR count). The SMILES string of the molecule is CC1(C)c2ccccc2N(c2cc(-c3ccccc3)cc(-c3ccccc3)n2)c2oc3ccccc3c21. The lowest BCUT2D eigenvalue weighted by Crippen LogP contribution is -2.30. The number of fused-ring (bicyclic) bond motifs is 4. The molecular formula is C34H26N2O. The first-order valence-electron chi connectivity index (χ1n) is 12.7. The van der Waals surface area contributed by atoms with E-state index in [0.717, 1.165) is 50.7 Å². The Balaban J connectivity index is 1.54. The van der Waals surface area contributed by atoms with Crippen molar-refractivity contribution in [2.24, 2.45) is 0 Å². The highest BCUT2D eigenvalue weighted by Gasteiger charge is 2.41. The van der Waals surface area contributed by atoms with Crippen LogP contribution in [0.1, 0.15) is 25.0 Å². The summed E-state index contributed by atoms with van der Waals surface area (Å²) < 4.78 is 6.63. The molecule has 0 unspecified atom stereocenters. The van der Waals surface area contributed by atoms with Crippen LogP contribution in [-0.4, -0.2) is 4.98 Å². The van der Waals surface area contributed by atoms with E-state index in [9.17, 15) is 0 Å². The summed E-state index contributed by atoms with van der Waals surface area (Å²) in [5.74, 6) is 1.67. The predicted octanol–water partition coefficient (Wildman–Crippen LogP) is 9.27. The maximum atomic E-state index is 6.63. The van der Waals surface area contributed by atoms with Gasteiger partial charge in [0.15, 0.2) is 0 Å². The van der Waals surface area contributed by atoms with Crippen LogP contribution < -0.4 is 4.90 Å². The van der Waals surface area contributed by atoms with Gasteiger partial charge in [-0.3, -0.25) is 4.90 Å². The number of para-hydroxylation sites is 2. The minimum absolute atomic E-state index is 0.228. The third-order valence-corrected chi connectivity index (χ3v) is 7.44. The number of benzene rings is 4. The van der Waals surface area contributed by atoms with Crippen molar-refractivity contribution in [1.82, 2.24) is 4.98 Å². The first kappa shape index (κ1) is 21.6. The van der Waals surface area contributed by atoms with E-state index < -0.39 is 0 Å². The molecule has 37 heavy (non-hydrogen) atoms. The molecule has 3 heterocycles. The quantitative estimate of drug-likeness (QED) is 0.254. The molecule has 6 aromatic rings. The van der Waals surface area contributed by atoms with E-state index in [1.54, 1.807) is 0 Å². The number of hydrogen-bond donors (Lipinski definition) is 0. The van der Waals surface area contributed by atoms with E-state index in [0.29, 0.717) is 0 Å². The molecule has 0 spiro atoms. The zero-order valence-corrected chi connectivity index (χ0v) is 20.8. The van der Waals surface area contributed by atoms with Gasteiger partial charge < -0.3 is 4.42 Å². The van der Waals surface area contributed by atoms with Crippen molar-refractivity contribution in [3.8, 4) is 22.4 Å². The van der Waals surface area contributed by atoms with Crippen LogP contribution in [0.15, 0.2) is 126 Å². The molecule has 0 aliphatic carbocycles. The van der Waals surface area contributed by atoms with Crippen molar-refractivity contribution < 1.29 is 4.42 Å². The van der Waals surface area contributed by atoms with Gasteiger partial charge >= 0.3 is 0 Å². The fourth-order valence-corrected chi connectivity index (χ4v) is 5.65. The number of rotatable bonds is 3. The number of hydrogen-bond acceptors (Lipinski definition) is 3. The molecule has 0 bridgehead atoms. The summed E-state index contributed by atoms with van der Waals surface area (Å²) in [7, 11) is 0. The fourth-order valence-electron chi connectivity index (χ4n) is 5.65. The van der Waals surface area contributed by atoms with Crippen molar-refractivity contribution in [1.29, 1.82) is 0 Å². The molecule has 0 fully saturated rings. The highest BCUT2D eigenvalue weighted by molar-refractivity contribution is 5.95. The normalized spacial score (nSPS) is 13.8. The number of furan rings is 1. The third kappa shape index (κ3) is 3.39. The largest absolute Gasteiger partial charge is 0.439 e. The summed E-state index contributed by atoms with van der Waals surface area (Å²) in [5.41, 5.74) is 8.47. The Morgan fingerprint density at radius 1 is 0.649 bits per heavy atom. The van der Waals surface area contributed by atoms with Crippen LogP contribution in [0.5, 0.6) is 0 Å². The average molecular weight is 479 g/mol. The van der Waals surface area contributed by atoms with Crippen LogP contribution in [-0.2, 0) is 5.41 Å². The van der Waals surface area contributed by atoms with E-state index in [-0.39, 0.29) is 5.41 Å². The van der Waals surface area contributed by atoms with Crippen LogP contribution in [0.2, 0.25) is 0 Å². The van der Waals surface area contributed by atoms with E-state index >= 15 is 0 Å². The van der Waals surface area contributed by atoms with Gasteiger partial charge in [0.2, 0.25) is 5.88 Å². The number of aromatic nitrogens is 1. The molecular weight excluding hydrogens is 452 g/mol. The Bertz CT molecular complexity index is 1690. The molecule has 0 saturated carbocycles. The molecule has 1 aliphatic rings. The summed E-state index contributed by atoms with van der Waals surface area (Å²) >= 11 is 0. The maximum absolute atomic E-state index is 6.63. The monoisotopic (exact) mass is 478 g/mol. The second kappa shape index (κ2) is 8.21. The lowest BCUT2D eigenvalue weighted by atomic mass is 9.74. The number of pyridine rings is 1. The predicted molar refractivity (Wildman–Crippen MR) is 152 cm³/mol. The molecule has 2 aromatic heterocycles. The molecule has 0 atom stereocenters. The summed E-state index contributed by atoms with van der Waals surface area (Å²) in [6, 6.07) is 42.2. The first-order chi connectivity index (χ1) is 18.1. The second-order valence-electron chi connectivity index (χ2n) is 10.1. The van der Waals surface area contributed by atoms with Gasteiger partial charge in [0.1, 0.15) is 11.4 Å². The maximum Gasteiger partial charge on any atom is 0.211 e. The molecule has 0 N–H and O–H groups in total. The summed E-state index contributed by atoms with van der Waals surface area (Å²) in [6.07, 6.45) is 0.